The zero-order chi connectivity index (χ0) is 31.8. The number of hydrogen-bond donors (Lipinski definition) is 5. The van der Waals surface area contributed by atoms with Crippen LogP contribution in [0.5, 0.6) is 5.75 Å². The highest BCUT2D eigenvalue weighted by Crippen LogP contribution is 2.53. The van der Waals surface area contributed by atoms with E-state index in [0.29, 0.717) is 23.6 Å². The van der Waals surface area contributed by atoms with E-state index in [9.17, 15) is 34.8 Å². The van der Waals surface area contributed by atoms with Crippen molar-refractivity contribution in [1.82, 2.24) is 9.80 Å². The molecule has 4 aliphatic carbocycles. The van der Waals surface area contributed by atoms with Crippen LogP contribution in [0.2, 0.25) is 0 Å². The number of fused-ring (bicyclic) bond motifs is 4. The number of aliphatic hydroxyl groups excluding tert-OH is 2. The lowest BCUT2D eigenvalue weighted by atomic mass is 9.58. The van der Waals surface area contributed by atoms with E-state index in [1.54, 1.807) is 19.0 Å². The first kappa shape index (κ1) is 30.6. The van der Waals surface area contributed by atoms with Gasteiger partial charge >= 0.3 is 0 Å². The van der Waals surface area contributed by atoms with Gasteiger partial charge in [-0.05, 0) is 75.7 Å². The second kappa shape index (κ2) is 10.9. The van der Waals surface area contributed by atoms with Crippen molar-refractivity contribution in [3.63, 3.8) is 0 Å². The highest BCUT2D eigenvalue weighted by atomic mass is 16.3. The molecule has 44 heavy (non-hydrogen) atoms. The number of likely N-dealkylation sites (tertiary alicyclic amines) is 1. The molecular formula is C33H44N4O7. The average Bonchev–Trinajstić information content (AvgIpc) is 2.95. The number of carbonyl (C=O) groups is 3. The molecule has 0 spiro atoms. The van der Waals surface area contributed by atoms with Crippen molar-refractivity contribution in [1.29, 1.82) is 0 Å². The second-order valence-corrected chi connectivity index (χ2v) is 13.9. The standard InChI is InChI=1S/C33H44N4O7/c1-35(2)22-13-19(15-37-10-9-16-7-5-6-8-17(16)14-37)27(38)24-20(22)11-18-12-21-26(36(3)4)29(40)25(32(34)43)31(42)33(21,44)30(41)23(18)28(24)39/h13,16-18,21,26,38,40-41,44H,5-12,14-15H2,1-4H3,(H2,34,43)/t16?,17?,18-,21-,26-,33-/m0/s1. The first-order chi connectivity index (χ1) is 20.8. The first-order valence-electron chi connectivity index (χ1n) is 15.7. The third-order valence-corrected chi connectivity index (χ3v) is 11.0. The van der Waals surface area contributed by atoms with Crippen LogP contribution in [-0.4, -0.2) is 101 Å². The minimum Gasteiger partial charge on any atom is -0.510 e. The molecule has 11 heteroatoms. The molecule has 6 N–H and O–H groups in total. The number of phenolic OH excluding ortho intramolecular Hbond substituents is 1. The molecule has 1 saturated carbocycles. The summed E-state index contributed by atoms with van der Waals surface area (Å²) in [4.78, 5) is 45.9. The van der Waals surface area contributed by atoms with Crippen LogP contribution < -0.4 is 10.6 Å². The van der Waals surface area contributed by atoms with E-state index in [0.717, 1.165) is 31.1 Å². The van der Waals surface area contributed by atoms with Crippen LogP contribution in [0.25, 0.3) is 0 Å². The number of primary amides is 1. The summed E-state index contributed by atoms with van der Waals surface area (Å²) in [5.41, 5.74) is 3.97. The van der Waals surface area contributed by atoms with Gasteiger partial charge in [-0.1, -0.05) is 19.3 Å². The molecule has 0 aromatic heterocycles. The highest BCUT2D eigenvalue weighted by Gasteiger charge is 2.63. The Morgan fingerprint density at radius 2 is 1.75 bits per heavy atom. The van der Waals surface area contributed by atoms with Gasteiger partial charge in [-0.15, -0.1) is 0 Å². The van der Waals surface area contributed by atoms with Crippen molar-refractivity contribution >= 4 is 23.2 Å². The van der Waals surface area contributed by atoms with E-state index < -0.39 is 58.0 Å². The van der Waals surface area contributed by atoms with Crippen molar-refractivity contribution in [3.8, 4) is 5.75 Å². The third-order valence-electron chi connectivity index (χ3n) is 11.0. The quantitative estimate of drug-likeness (QED) is 0.313. The van der Waals surface area contributed by atoms with Crippen molar-refractivity contribution in [2.75, 3.05) is 46.2 Å². The van der Waals surface area contributed by atoms with Crippen molar-refractivity contribution in [3.05, 3.63) is 45.4 Å². The lowest BCUT2D eigenvalue weighted by molar-refractivity contribution is -0.148. The highest BCUT2D eigenvalue weighted by molar-refractivity contribution is 6.25. The number of ketones is 2. The fourth-order valence-corrected chi connectivity index (χ4v) is 8.93. The minimum absolute atomic E-state index is 0.0669. The molecule has 2 fully saturated rings. The molecule has 0 radical (unpaired) electrons. The van der Waals surface area contributed by atoms with E-state index in [1.165, 1.54) is 25.7 Å². The lowest BCUT2D eigenvalue weighted by Crippen LogP contribution is -2.63. The van der Waals surface area contributed by atoms with E-state index in [1.807, 2.05) is 25.1 Å². The summed E-state index contributed by atoms with van der Waals surface area (Å²) in [6.07, 6.45) is 6.50. The molecule has 1 amide bonds. The van der Waals surface area contributed by atoms with Gasteiger partial charge in [0.15, 0.2) is 11.4 Å². The number of allylic oxidation sites excluding steroid dienone is 1. The first-order valence-corrected chi connectivity index (χ1v) is 15.7. The fraction of sp³-hybridized carbons (Fsp3) is 0.606. The van der Waals surface area contributed by atoms with Gasteiger partial charge in [-0.3, -0.25) is 24.2 Å². The smallest absolute Gasteiger partial charge is 0.255 e. The number of amides is 1. The lowest BCUT2D eigenvalue weighted by Gasteiger charge is -2.50. The SMILES string of the molecule is CN(C)c1cc(CN2CCC3CCCCC3C2)c(O)c2c1C[C@H]1C[C@H]3[C@H](N(C)C)C(O)=C(C(N)=O)C(=O)[C@@]3(O)C(O)=C1C2=O. The topological polar surface area (TPSA) is 168 Å². The second-order valence-electron chi connectivity index (χ2n) is 13.9. The number of rotatable bonds is 5. The minimum atomic E-state index is -2.65. The largest absolute Gasteiger partial charge is 0.510 e. The summed E-state index contributed by atoms with van der Waals surface area (Å²) in [6, 6.07) is 0.931. The number of benzene rings is 1. The number of Topliss-reactive ketones (excluding diaryl/α,β-unsaturated/α-hetero) is 2. The third kappa shape index (κ3) is 4.46. The summed E-state index contributed by atoms with van der Waals surface area (Å²) in [6.45, 7) is 2.35. The molecule has 1 aromatic carbocycles. The molecule has 6 atom stereocenters. The monoisotopic (exact) mass is 608 g/mol. The van der Waals surface area contributed by atoms with Crippen LogP contribution >= 0.6 is 0 Å². The Morgan fingerprint density at radius 3 is 2.39 bits per heavy atom. The predicted molar refractivity (Wildman–Crippen MR) is 163 cm³/mol. The van der Waals surface area contributed by atoms with E-state index >= 15 is 0 Å². The number of piperidine rings is 1. The van der Waals surface area contributed by atoms with Crippen LogP contribution in [0, 0.1) is 23.7 Å². The summed E-state index contributed by atoms with van der Waals surface area (Å²) < 4.78 is 0. The number of nitrogens with two attached hydrogens (primary N) is 1. The number of aromatic hydroxyl groups is 1. The van der Waals surface area contributed by atoms with Gasteiger partial charge in [0, 0.05) is 49.9 Å². The number of likely N-dealkylation sites (N-methyl/N-ethyl adjacent to an activating group) is 1. The predicted octanol–water partition coefficient (Wildman–Crippen LogP) is 2.20. The molecule has 238 valence electrons. The van der Waals surface area contributed by atoms with E-state index in [2.05, 4.69) is 4.90 Å². The van der Waals surface area contributed by atoms with Crippen molar-refractivity contribution < 1.29 is 34.8 Å². The summed E-state index contributed by atoms with van der Waals surface area (Å²) >= 11 is 0. The fourth-order valence-electron chi connectivity index (χ4n) is 8.93. The average molecular weight is 609 g/mol. The number of phenols is 1. The van der Waals surface area contributed by atoms with Crippen LogP contribution in [0.4, 0.5) is 5.69 Å². The van der Waals surface area contributed by atoms with Gasteiger partial charge in [-0.2, -0.15) is 0 Å². The van der Waals surface area contributed by atoms with Gasteiger partial charge in [0.1, 0.15) is 22.8 Å². The Balaban J connectivity index is 1.43. The number of carbonyl (C=O) groups excluding carboxylic acids is 3. The van der Waals surface area contributed by atoms with Gasteiger partial charge in [0.2, 0.25) is 5.78 Å². The van der Waals surface area contributed by atoms with Crippen LogP contribution in [0.15, 0.2) is 28.7 Å². The zero-order valence-corrected chi connectivity index (χ0v) is 26.0. The molecule has 6 rings (SSSR count). The maximum absolute atomic E-state index is 14.3. The van der Waals surface area contributed by atoms with E-state index in [4.69, 9.17) is 5.73 Å². The Hall–Kier alpha value is -3.41. The molecule has 11 nitrogen and oxygen atoms in total. The number of aliphatic hydroxyl groups is 3. The molecule has 0 bridgehead atoms. The molecular weight excluding hydrogens is 564 g/mol. The Bertz CT molecular complexity index is 1500. The zero-order valence-electron chi connectivity index (χ0n) is 26.0. The van der Waals surface area contributed by atoms with Gasteiger partial charge in [0.05, 0.1) is 11.6 Å². The Kier molecular flexibility index (Phi) is 7.57. The molecule has 1 heterocycles. The van der Waals surface area contributed by atoms with Crippen LogP contribution in [0.3, 0.4) is 0 Å². The molecule has 1 aliphatic heterocycles. The molecule has 1 aromatic rings. The maximum atomic E-state index is 14.3. The van der Waals surface area contributed by atoms with Crippen LogP contribution in [0.1, 0.15) is 60.0 Å². The summed E-state index contributed by atoms with van der Waals surface area (Å²) in [5, 5.41) is 46.2. The molecule has 1 saturated heterocycles. The van der Waals surface area contributed by atoms with Gasteiger partial charge in [0.25, 0.3) is 5.91 Å². The normalized spacial score (nSPS) is 32.3. The number of hydrogen-bond acceptors (Lipinski definition) is 10. The maximum Gasteiger partial charge on any atom is 0.255 e. The van der Waals surface area contributed by atoms with Gasteiger partial charge < -0.3 is 31.1 Å². The van der Waals surface area contributed by atoms with Crippen molar-refractivity contribution in [2.24, 2.45) is 29.4 Å². The van der Waals surface area contributed by atoms with Gasteiger partial charge in [-0.25, -0.2) is 0 Å². The molecule has 2 unspecified atom stereocenters. The van der Waals surface area contributed by atoms with Crippen molar-refractivity contribution in [2.45, 2.75) is 63.1 Å². The molecule has 5 aliphatic rings. The Morgan fingerprint density at radius 1 is 1.07 bits per heavy atom. The van der Waals surface area contributed by atoms with E-state index in [-0.39, 0.29) is 29.7 Å². The summed E-state index contributed by atoms with van der Waals surface area (Å²) in [5.74, 6) is -4.93. The number of nitrogens with zero attached hydrogens (tertiary/aromatic N) is 3. The number of anilines is 1. The van der Waals surface area contributed by atoms with Crippen LogP contribution in [-0.2, 0) is 22.6 Å². The Labute approximate surface area is 257 Å². The summed E-state index contributed by atoms with van der Waals surface area (Å²) in [7, 11) is 7.00.